The van der Waals surface area contributed by atoms with E-state index >= 15 is 0 Å². The number of fused-ring (bicyclic) bond motifs is 1. The molecule has 0 atom stereocenters. The van der Waals surface area contributed by atoms with E-state index in [2.05, 4.69) is 34.6 Å². The Kier molecular flexibility index (Phi) is 5.29. The molecule has 0 N–H and O–H groups in total. The maximum atomic E-state index is 12.6. The molecule has 3 heterocycles. The lowest BCUT2D eigenvalue weighted by Gasteiger charge is -2.27. The first kappa shape index (κ1) is 18.2. The zero-order chi connectivity index (χ0) is 18.8. The van der Waals surface area contributed by atoms with Crippen molar-refractivity contribution in [2.24, 2.45) is 0 Å². The Morgan fingerprint density at radius 2 is 2.11 bits per heavy atom. The largest absolute Gasteiger partial charge is 0.378 e. The SMILES string of the molecule is CN(Cc1csc2ccccc12)c1ncc(C(=O)N2CCOCC2)cc1Cl. The molecule has 0 saturated carbocycles. The number of hydrogen-bond acceptors (Lipinski definition) is 5. The average molecular weight is 402 g/mol. The van der Waals surface area contributed by atoms with Crippen molar-refractivity contribution in [3.8, 4) is 0 Å². The van der Waals surface area contributed by atoms with Crippen LogP contribution in [0.4, 0.5) is 5.82 Å². The molecule has 27 heavy (non-hydrogen) atoms. The highest BCUT2D eigenvalue weighted by Crippen LogP contribution is 2.30. The van der Waals surface area contributed by atoms with Crippen LogP contribution in [0.2, 0.25) is 5.02 Å². The van der Waals surface area contributed by atoms with Crippen LogP contribution in [0.1, 0.15) is 15.9 Å². The minimum Gasteiger partial charge on any atom is -0.378 e. The fourth-order valence-electron chi connectivity index (χ4n) is 3.26. The van der Waals surface area contributed by atoms with Gasteiger partial charge >= 0.3 is 0 Å². The highest BCUT2D eigenvalue weighted by Gasteiger charge is 2.20. The minimum absolute atomic E-state index is 0.0502. The molecule has 1 aliphatic rings. The third kappa shape index (κ3) is 3.78. The molecular weight excluding hydrogens is 382 g/mol. The van der Waals surface area contributed by atoms with Gasteiger partial charge in [0.2, 0.25) is 0 Å². The van der Waals surface area contributed by atoms with Crippen LogP contribution >= 0.6 is 22.9 Å². The summed E-state index contributed by atoms with van der Waals surface area (Å²) < 4.78 is 6.57. The third-order valence-corrected chi connectivity index (χ3v) is 5.99. The molecule has 0 spiro atoms. The van der Waals surface area contributed by atoms with E-state index in [0.717, 1.165) is 0 Å². The number of amides is 1. The van der Waals surface area contributed by atoms with Crippen molar-refractivity contribution in [2.75, 3.05) is 38.3 Å². The van der Waals surface area contributed by atoms with Crippen LogP contribution in [0.3, 0.4) is 0 Å². The number of benzene rings is 1. The topological polar surface area (TPSA) is 45.7 Å². The number of anilines is 1. The van der Waals surface area contributed by atoms with Crippen molar-refractivity contribution in [3.63, 3.8) is 0 Å². The molecule has 1 saturated heterocycles. The molecule has 5 nitrogen and oxygen atoms in total. The van der Waals surface area contributed by atoms with Gasteiger partial charge in [-0.1, -0.05) is 29.8 Å². The summed E-state index contributed by atoms with van der Waals surface area (Å²) in [5.74, 6) is 0.621. The third-order valence-electron chi connectivity index (χ3n) is 4.70. The van der Waals surface area contributed by atoms with E-state index in [1.54, 1.807) is 28.5 Å². The normalized spacial score (nSPS) is 14.5. The maximum Gasteiger partial charge on any atom is 0.255 e. The number of carbonyl (C=O) groups is 1. The molecule has 1 fully saturated rings. The quantitative estimate of drug-likeness (QED) is 0.661. The van der Waals surface area contributed by atoms with Crippen molar-refractivity contribution in [2.45, 2.75) is 6.54 Å². The molecule has 2 aromatic heterocycles. The summed E-state index contributed by atoms with van der Waals surface area (Å²) >= 11 is 8.21. The molecule has 4 rings (SSSR count). The summed E-state index contributed by atoms with van der Waals surface area (Å²) in [6.45, 7) is 3.05. The molecular formula is C20H20ClN3O2S. The van der Waals surface area contributed by atoms with E-state index < -0.39 is 0 Å². The summed E-state index contributed by atoms with van der Waals surface area (Å²) in [6.07, 6.45) is 1.61. The lowest BCUT2D eigenvalue weighted by Crippen LogP contribution is -2.40. The van der Waals surface area contributed by atoms with Crippen LogP contribution in [-0.4, -0.2) is 49.1 Å². The number of rotatable bonds is 4. The molecule has 3 aromatic rings. The molecule has 1 amide bonds. The molecule has 0 aliphatic carbocycles. The van der Waals surface area contributed by atoms with Gasteiger partial charge in [-0.2, -0.15) is 0 Å². The first-order valence-corrected chi connectivity index (χ1v) is 10.1. The lowest BCUT2D eigenvalue weighted by molar-refractivity contribution is 0.0302. The van der Waals surface area contributed by atoms with Crippen molar-refractivity contribution in [1.82, 2.24) is 9.88 Å². The zero-order valence-electron chi connectivity index (χ0n) is 15.0. The summed E-state index contributed by atoms with van der Waals surface area (Å²) in [6, 6.07) is 10.1. The average Bonchev–Trinajstić information content (AvgIpc) is 3.11. The fourth-order valence-corrected chi connectivity index (χ4v) is 4.53. The number of hydrogen-bond donors (Lipinski definition) is 0. The second kappa shape index (κ2) is 7.84. The second-order valence-electron chi connectivity index (χ2n) is 6.55. The van der Waals surface area contributed by atoms with Gasteiger partial charge < -0.3 is 14.5 Å². The maximum absolute atomic E-state index is 12.6. The Labute approximate surface area is 167 Å². The molecule has 7 heteroatoms. The first-order valence-electron chi connectivity index (χ1n) is 8.82. The minimum atomic E-state index is -0.0502. The van der Waals surface area contributed by atoms with Crippen LogP contribution < -0.4 is 4.90 Å². The smallest absolute Gasteiger partial charge is 0.255 e. The fraction of sp³-hybridized carbons (Fsp3) is 0.300. The van der Waals surface area contributed by atoms with Gasteiger partial charge in [-0.15, -0.1) is 11.3 Å². The van der Waals surface area contributed by atoms with Gasteiger partial charge in [-0.05, 0) is 28.5 Å². The van der Waals surface area contributed by atoms with E-state index in [1.165, 1.54) is 15.6 Å². The molecule has 1 aromatic carbocycles. The number of nitrogens with zero attached hydrogens (tertiary/aromatic N) is 3. The predicted molar refractivity (Wildman–Crippen MR) is 110 cm³/mol. The highest BCUT2D eigenvalue weighted by molar-refractivity contribution is 7.17. The van der Waals surface area contributed by atoms with Gasteiger partial charge in [0.1, 0.15) is 5.82 Å². The number of morpholine rings is 1. The number of pyridine rings is 1. The van der Waals surface area contributed by atoms with E-state index in [9.17, 15) is 4.79 Å². The van der Waals surface area contributed by atoms with Crippen LogP contribution in [0.15, 0.2) is 41.9 Å². The van der Waals surface area contributed by atoms with Gasteiger partial charge in [0, 0.05) is 37.6 Å². The molecule has 1 aliphatic heterocycles. The Bertz CT molecular complexity index is 969. The van der Waals surface area contributed by atoms with Crippen molar-refractivity contribution >= 4 is 44.7 Å². The Morgan fingerprint density at radius 3 is 2.89 bits per heavy atom. The second-order valence-corrected chi connectivity index (χ2v) is 7.87. The van der Waals surface area contributed by atoms with Crippen molar-refractivity contribution < 1.29 is 9.53 Å². The summed E-state index contributed by atoms with van der Waals surface area (Å²) in [5.41, 5.74) is 1.75. The highest BCUT2D eigenvalue weighted by atomic mass is 35.5. The van der Waals surface area contributed by atoms with Gasteiger partial charge in [0.25, 0.3) is 5.91 Å². The van der Waals surface area contributed by atoms with Crippen LogP contribution in [0, 0.1) is 0 Å². The number of ether oxygens (including phenoxy) is 1. The van der Waals surface area contributed by atoms with E-state index in [4.69, 9.17) is 16.3 Å². The summed E-state index contributed by atoms with van der Waals surface area (Å²) in [7, 11) is 1.96. The van der Waals surface area contributed by atoms with Crippen molar-refractivity contribution in [1.29, 1.82) is 0 Å². The van der Waals surface area contributed by atoms with Crippen LogP contribution in [0.25, 0.3) is 10.1 Å². The molecule has 140 valence electrons. The molecule has 0 unspecified atom stereocenters. The standard InChI is InChI=1S/C20H20ClN3O2S/c1-23(12-15-13-27-18-5-3-2-4-16(15)18)19-17(21)10-14(11-22-19)20(25)24-6-8-26-9-7-24/h2-5,10-11,13H,6-9,12H2,1H3. The summed E-state index contributed by atoms with van der Waals surface area (Å²) in [5, 5.41) is 3.91. The van der Waals surface area contributed by atoms with Gasteiger partial charge in [0.05, 0.1) is 23.8 Å². The number of carbonyl (C=O) groups excluding carboxylic acids is 1. The van der Waals surface area contributed by atoms with Gasteiger partial charge in [0.15, 0.2) is 0 Å². The molecule has 0 bridgehead atoms. The summed E-state index contributed by atoms with van der Waals surface area (Å²) in [4.78, 5) is 20.9. The van der Waals surface area contributed by atoms with E-state index in [-0.39, 0.29) is 5.91 Å². The van der Waals surface area contributed by atoms with Crippen LogP contribution in [0.5, 0.6) is 0 Å². The van der Waals surface area contributed by atoms with Crippen LogP contribution in [-0.2, 0) is 11.3 Å². The zero-order valence-corrected chi connectivity index (χ0v) is 16.6. The first-order chi connectivity index (χ1) is 13.1. The molecule has 0 radical (unpaired) electrons. The number of halogens is 1. The Hall–Kier alpha value is -2.15. The lowest BCUT2D eigenvalue weighted by atomic mass is 10.1. The van der Waals surface area contributed by atoms with E-state index in [1.807, 2.05) is 11.9 Å². The predicted octanol–water partition coefficient (Wildman–Crippen LogP) is 4.06. The monoisotopic (exact) mass is 401 g/mol. The Morgan fingerprint density at radius 1 is 1.33 bits per heavy atom. The van der Waals surface area contributed by atoms with E-state index in [0.29, 0.717) is 49.3 Å². The van der Waals surface area contributed by atoms with Gasteiger partial charge in [-0.25, -0.2) is 4.98 Å². The Balaban J connectivity index is 1.52. The number of aromatic nitrogens is 1. The number of thiophene rings is 1. The van der Waals surface area contributed by atoms with Crippen molar-refractivity contribution in [3.05, 3.63) is 58.1 Å². The van der Waals surface area contributed by atoms with Gasteiger partial charge in [-0.3, -0.25) is 4.79 Å².